The average Bonchev–Trinajstić information content (AvgIpc) is 2.33. The monoisotopic (exact) mass is 234 g/mol. The van der Waals surface area contributed by atoms with Crippen molar-refractivity contribution in [2.45, 2.75) is 10.1 Å². The molecule has 0 aliphatic rings. The second-order valence-electron chi connectivity index (χ2n) is 2.89. The van der Waals surface area contributed by atoms with Crippen LogP contribution >= 0.6 is 11.8 Å². The quantitative estimate of drug-likeness (QED) is 0.869. The van der Waals surface area contributed by atoms with E-state index in [1.165, 1.54) is 11.8 Å². The minimum atomic E-state index is 0.528. The Kier molecular flexibility index (Phi) is 3.21. The Morgan fingerprint density at radius 3 is 2.88 bits per heavy atom. The smallest absolute Gasteiger partial charge is 0.214 e. The number of aromatic nitrogens is 3. The zero-order valence-corrected chi connectivity index (χ0v) is 9.44. The molecule has 5 nitrogen and oxygen atoms in total. The van der Waals surface area contributed by atoms with Crippen LogP contribution in [0.25, 0.3) is 0 Å². The maximum atomic E-state index is 5.80. The third-order valence-electron chi connectivity index (χ3n) is 1.81. The SMILES string of the molecule is COc1ccc(N)c(Sc2cnccn2)n1. The molecular formula is C10H10N4OS. The van der Waals surface area contributed by atoms with E-state index in [9.17, 15) is 0 Å². The molecule has 2 heterocycles. The van der Waals surface area contributed by atoms with Crippen molar-refractivity contribution >= 4 is 17.4 Å². The predicted octanol–water partition coefficient (Wildman–Crippen LogP) is 1.61. The summed E-state index contributed by atoms with van der Waals surface area (Å²) in [5.41, 5.74) is 6.40. The lowest BCUT2D eigenvalue weighted by atomic mass is 10.4. The topological polar surface area (TPSA) is 73.9 Å². The first-order chi connectivity index (χ1) is 7.79. The summed E-state index contributed by atoms with van der Waals surface area (Å²) < 4.78 is 5.03. The van der Waals surface area contributed by atoms with Crippen LogP contribution in [0.3, 0.4) is 0 Å². The standard InChI is InChI=1S/C10H10N4OS/c1-15-8-3-2-7(11)10(14-8)16-9-6-12-4-5-13-9/h2-6H,11H2,1H3. The van der Waals surface area contributed by atoms with Crippen molar-refractivity contribution < 1.29 is 4.74 Å². The van der Waals surface area contributed by atoms with E-state index in [-0.39, 0.29) is 0 Å². The van der Waals surface area contributed by atoms with Gasteiger partial charge < -0.3 is 10.5 Å². The molecule has 0 saturated heterocycles. The lowest BCUT2D eigenvalue weighted by molar-refractivity contribution is 0.395. The molecule has 2 aromatic heterocycles. The largest absolute Gasteiger partial charge is 0.481 e. The molecule has 2 aromatic rings. The fourth-order valence-electron chi connectivity index (χ4n) is 1.07. The van der Waals surface area contributed by atoms with Gasteiger partial charge in [0.2, 0.25) is 5.88 Å². The van der Waals surface area contributed by atoms with Gasteiger partial charge in [-0.1, -0.05) is 0 Å². The third kappa shape index (κ3) is 2.40. The highest BCUT2D eigenvalue weighted by Crippen LogP contribution is 2.29. The molecule has 0 saturated carbocycles. The van der Waals surface area contributed by atoms with Gasteiger partial charge in [0, 0.05) is 18.5 Å². The summed E-state index contributed by atoms with van der Waals surface area (Å²) in [6.07, 6.45) is 4.90. The lowest BCUT2D eigenvalue weighted by Crippen LogP contribution is -1.95. The summed E-state index contributed by atoms with van der Waals surface area (Å²) in [4.78, 5) is 12.3. The van der Waals surface area contributed by atoms with E-state index in [1.807, 2.05) is 0 Å². The van der Waals surface area contributed by atoms with Gasteiger partial charge in [-0.25, -0.2) is 9.97 Å². The molecule has 0 bridgehead atoms. The highest BCUT2D eigenvalue weighted by atomic mass is 32.2. The number of anilines is 1. The Morgan fingerprint density at radius 2 is 2.19 bits per heavy atom. The molecule has 0 aromatic carbocycles. The lowest BCUT2D eigenvalue weighted by Gasteiger charge is -2.05. The van der Waals surface area contributed by atoms with E-state index in [0.29, 0.717) is 16.6 Å². The fourth-order valence-corrected chi connectivity index (χ4v) is 1.81. The maximum Gasteiger partial charge on any atom is 0.214 e. The Hall–Kier alpha value is -1.82. The summed E-state index contributed by atoms with van der Waals surface area (Å²) in [6, 6.07) is 3.47. The fraction of sp³-hybridized carbons (Fsp3) is 0.100. The molecule has 16 heavy (non-hydrogen) atoms. The van der Waals surface area contributed by atoms with Crippen molar-refractivity contribution in [2.75, 3.05) is 12.8 Å². The van der Waals surface area contributed by atoms with Crippen LogP contribution in [0.2, 0.25) is 0 Å². The van der Waals surface area contributed by atoms with Gasteiger partial charge in [-0.05, 0) is 17.8 Å². The van der Waals surface area contributed by atoms with Crippen LogP contribution in [-0.4, -0.2) is 22.1 Å². The number of ether oxygens (including phenoxy) is 1. The van der Waals surface area contributed by atoms with E-state index in [1.54, 1.807) is 37.8 Å². The van der Waals surface area contributed by atoms with Gasteiger partial charge in [-0.2, -0.15) is 0 Å². The van der Waals surface area contributed by atoms with Crippen LogP contribution in [0.1, 0.15) is 0 Å². The first kappa shape index (κ1) is 10.7. The molecule has 0 fully saturated rings. The van der Waals surface area contributed by atoms with E-state index in [2.05, 4.69) is 15.0 Å². The Labute approximate surface area is 97.1 Å². The molecular weight excluding hydrogens is 224 g/mol. The summed E-state index contributed by atoms with van der Waals surface area (Å²) in [7, 11) is 1.56. The Balaban J connectivity index is 2.27. The predicted molar refractivity (Wildman–Crippen MR) is 61.4 cm³/mol. The van der Waals surface area contributed by atoms with Crippen molar-refractivity contribution in [1.82, 2.24) is 15.0 Å². The molecule has 0 atom stereocenters. The van der Waals surface area contributed by atoms with Gasteiger partial charge in [0.25, 0.3) is 0 Å². The average molecular weight is 234 g/mol. The minimum absolute atomic E-state index is 0.528. The normalized spacial score (nSPS) is 10.1. The van der Waals surface area contributed by atoms with Crippen LogP contribution in [0.5, 0.6) is 5.88 Å². The van der Waals surface area contributed by atoms with Crippen LogP contribution in [0.4, 0.5) is 5.69 Å². The van der Waals surface area contributed by atoms with Crippen molar-refractivity contribution in [2.24, 2.45) is 0 Å². The van der Waals surface area contributed by atoms with E-state index in [0.717, 1.165) is 5.03 Å². The number of rotatable bonds is 3. The summed E-state index contributed by atoms with van der Waals surface area (Å²) in [5, 5.41) is 1.41. The molecule has 2 N–H and O–H groups in total. The molecule has 0 aliphatic carbocycles. The molecule has 0 spiro atoms. The number of pyridine rings is 1. The van der Waals surface area contributed by atoms with Crippen LogP contribution in [-0.2, 0) is 0 Å². The van der Waals surface area contributed by atoms with E-state index in [4.69, 9.17) is 10.5 Å². The minimum Gasteiger partial charge on any atom is -0.481 e. The third-order valence-corrected chi connectivity index (χ3v) is 2.75. The zero-order valence-electron chi connectivity index (χ0n) is 8.62. The second-order valence-corrected chi connectivity index (χ2v) is 3.90. The Morgan fingerprint density at radius 1 is 1.31 bits per heavy atom. The zero-order chi connectivity index (χ0) is 11.4. The van der Waals surface area contributed by atoms with Gasteiger partial charge in [0.15, 0.2) is 0 Å². The van der Waals surface area contributed by atoms with Gasteiger partial charge >= 0.3 is 0 Å². The molecule has 2 rings (SSSR count). The second kappa shape index (κ2) is 4.80. The van der Waals surface area contributed by atoms with Crippen LogP contribution in [0, 0.1) is 0 Å². The molecule has 6 heteroatoms. The first-order valence-corrected chi connectivity index (χ1v) is 5.35. The summed E-state index contributed by atoms with van der Waals surface area (Å²) >= 11 is 1.35. The first-order valence-electron chi connectivity index (χ1n) is 4.54. The van der Waals surface area contributed by atoms with Crippen LogP contribution in [0.15, 0.2) is 40.8 Å². The van der Waals surface area contributed by atoms with Crippen molar-refractivity contribution in [1.29, 1.82) is 0 Å². The number of hydrogen-bond donors (Lipinski definition) is 1. The van der Waals surface area contributed by atoms with Gasteiger partial charge in [0.05, 0.1) is 19.0 Å². The molecule has 0 amide bonds. The Bertz CT molecular complexity index is 478. The molecule has 82 valence electrons. The van der Waals surface area contributed by atoms with Crippen LogP contribution < -0.4 is 10.5 Å². The van der Waals surface area contributed by atoms with Gasteiger partial charge in [0.1, 0.15) is 10.1 Å². The molecule has 0 radical (unpaired) electrons. The van der Waals surface area contributed by atoms with Gasteiger partial charge in [-0.15, -0.1) is 0 Å². The summed E-state index contributed by atoms with van der Waals surface area (Å²) in [5.74, 6) is 0.528. The van der Waals surface area contributed by atoms with Gasteiger partial charge in [-0.3, -0.25) is 4.98 Å². The molecule has 0 aliphatic heterocycles. The summed E-state index contributed by atoms with van der Waals surface area (Å²) in [6.45, 7) is 0. The number of methoxy groups -OCH3 is 1. The highest BCUT2D eigenvalue weighted by molar-refractivity contribution is 7.99. The van der Waals surface area contributed by atoms with Crippen molar-refractivity contribution in [3.63, 3.8) is 0 Å². The van der Waals surface area contributed by atoms with Crippen molar-refractivity contribution in [3.05, 3.63) is 30.7 Å². The maximum absolute atomic E-state index is 5.80. The van der Waals surface area contributed by atoms with Crippen molar-refractivity contribution in [3.8, 4) is 5.88 Å². The van der Waals surface area contributed by atoms with E-state index >= 15 is 0 Å². The number of nitrogen functional groups attached to an aromatic ring is 1. The number of nitrogens with two attached hydrogens (primary N) is 1. The van der Waals surface area contributed by atoms with E-state index < -0.39 is 0 Å². The number of hydrogen-bond acceptors (Lipinski definition) is 6. The molecule has 0 unspecified atom stereocenters. The number of nitrogens with zero attached hydrogens (tertiary/aromatic N) is 3. The highest BCUT2D eigenvalue weighted by Gasteiger charge is 2.06.